The van der Waals surface area contributed by atoms with Crippen molar-refractivity contribution in [1.29, 1.82) is 0 Å². The van der Waals surface area contributed by atoms with Gasteiger partial charge in [-0.3, -0.25) is 9.36 Å². The zero-order chi connectivity index (χ0) is 21.0. The molecule has 0 amide bonds. The first-order valence-corrected chi connectivity index (χ1v) is 13.0. The monoisotopic (exact) mass is 424 g/mol. The predicted octanol–water partition coefficient (Wildman–Crippen LogP) is 6.75. The normalized spacial score (nSPS) is 17.0. The summed E-state index contributed by atoms with van der Waals surface area (Å²) in [6.07, 6.45) is 12.8. The summed E-state index contributed by atoms with van der Waals surface area (Å²) in [4.78, 5) is 19.3. The Labute approximate surface area is 185 Å². The van der Waals surface area contributed by atoms with E-state index in [4.69, 9.17) is 4.98 Å². The van der Waals surface area contributed by atoms with Crippen LogP contribution in [0.3, 0.4) is 0 Å². The van der Waals surface area contributed by atoms with Gasteiger partial charge in [0.1, 0.15) is 0 Å². The van der Waals surface area contributed by atoms with Crippen LogP contribution >= 0.6 is 11.8 Å². The van der Waals surface area contributed by atoms with Crippen LogP contribution in [0.5, 0.6) is 0 Å². The predicted molar refractivity (Wildman–Crippen MR) is 128 cm³/mol. The van der Waals surface area contributed by atoms with Gasteiger partial charge in [0.05, 0.1) is 11.3 Å². The van der Waals surface area contributed by atoms with Gasteiger partial charge in [-0.25, -0.2) is 4.98 Å². The van der Waals surface area contributed by atoms with E-state index in [0.717, 1.165) is 60.8 Å². The summed E-state index contributed by atoms with van der Waals surface area (Å²) in [5.41, 5.74) is 4.85. The van der Waals surface area contributed by atoms with Gasteiger partial charge in [-0.1, -0.05) is 88.4 Å². The van der Waals surface area contributed by atoms with Crippen molar-refractivity contribution < 1.29 is 0 Å². The summed E-state index contributed by atoms with van der Waals surface area (Å²) in [5, 5.41) is 0.936. The molecule has 0 bridgehead atoms. The van der Waals surface area contributed by atoms with Crippen molar-refractivity contribution in [3.63, 3.8) is 0 Å². The molecule has 3 nitrogen and oxygen atoms in total. The summed E-state index contributed by atoms with van der Waals surface area (Å²) in [6, 6.07) is 8.67. The molecule has 0 radical (unpaired) electrons. The standard InChI is InChI=1S/C26H36N2OS/c1-3-5-12-18-30-25-27-23-21-14-9-8-13-20(21)19-26(15-10-7-11-16-26)22(23)24(29)28(25)17-6-4-2/h8-9,13-14H,3-7,10-12,15-19H2,1-2H3. The van der Waals surface area contributed by atoms with Crippen LogP contribution < -0.4 is 5.56 Å². The minimum Gasteiger partial charge on any atom is -0.287 e. The summed E-state index contributed by atoms with van der Waals surface area (Å²) in [7, 11) is 0. The maximum atomic E-state index is 14.0. The average molecular weight is 425 g/mol. The molecule has 1 fully saturated rings. The first-order chi connectivity index (χ1) is 14.7. The Kier molecular flexibility index (Phi) is 7.02. The molecule has 2 aromatic rings. The molecule has 4 rings (SSSR count). The maximum Gasteiger partial charge on any atom is 0.258 e. The van der Waals surface area contributed by atoms with Crippen molar-refractivity contribution in [2.75, 3.05) is 5.75 Å². The van der Waals surface area contributed by atoms with E-state index >= 15 is 0 Å². The number of nitrogens with zero attached hydrogens (tertiary/aromatic N) is 2. The molecule has 162 valence electrons. The Balaban J connectivity index is 1.85. The van der Waals surface area contributed by atoms with Crippen molar-refractivity contribution in [3.05, 3.63) is 45.7 Å². The van der Waals surface area contributed by atoms with Gasteiger partial charge < -0.3 is 0 Å². The number of thioether (sulfide) groups is 1. The minimum atomic E-state index is -0.00854. The van der Waals surface area contributed by atoms with Gasteiger partial charge in [-0.15, -0.1) is 0 Å². The van der Waals surface area contributed by atoms with Crippen molar-refractivity contribution in [2.45, 2.75) is 102 Å². The second kappa shape index (κ2) is 9.72. The fraction of sp³-hybridized carbons (Fsp3) is 0.615. The quantitative estimate of drug-likeness (QED) is 0.267. The third-order valence-electron chi connectivity index (χ3n) is 6.99. The number of hydrogen-bond acceptors (Lipinski definition) is 3. The van der Waals surface area contributed by atoms with Gasteiger partial charge >= 0.3 is 0 Å². The highest BCUT2D eigenvalue weighted by molar-refractivity contribution is 7.99. The highest BCUT2D eigenvalue weighted by Gasteiger charge is 2.43. The van der Waals surface area contributed by atoms with E-state index in [1.807, 2.05) is 4.57 Å². The SMILES string of the molecule is CCCCCSc1nc2c(c(=O)n1CCCC)C1(CCCCC1)Cc1ccccc1-2. The van der Waals surface area contributed by atoms with E-state index in [2.05, 4.69) is 38.1 Å². The van der Waals surface area contributed by atoms with Crippen LogP contribution in [-0.2, 0) is 18.4 Å². The van der Waals surface area contributed by atoms with Gasteiger partial charge in [0.25, 0.3) is 5.56 Å². The van der Waals surface area contributed by atoms with Crippen LogP contribution in [-0.4, -0.2) is 15.3 Å². The lowest BCUT2D eigenvalue weighted by atomic mass is 9.62. The number of rotatable bonds is 8. The Bertz CT molecular complexity index is 927. The fourth-order valence-corrected chi connectivity index (χ4v) is 6.38. The van der Waals surface area contributed by atoms with Crippen LogP contribution in [0, 0.1) is 0 Å². The highest BCUT2D eigenvalue weighted by atomic mass is 32.2. The molecular formula is C26H36N2OS. The average Bonchev–Trinajstić information content (AvgIpc) is 2.76. The summed E-state index contributed by atoms with van der Waals surface area (Å²) in [5.74, 6) is 1.04. The summed E-state index contributed by atoms with van der Waals surface area (Å²) < 4.78 is 2.03. The lowest BCUT2D eigenvalue weighted by Gasteiger charge is -2.42. The zero-order valence-electron chi connectivity index (χ0n) is 18.7. The van der Waals surface area contributed by atoms with Crippen LogP contribution in [0.4, 0.5) is 0 Å². The molecule has 0 unspecified atom stereocenters. The lowest BCUT2D eigenvalue weighted by Crippen LogP contribution is -2.43. The molecule has 0 aliphatic heterocycles. The molecule has 1 spiro atoms. The smallest absolute Gasteiger partial charge is 0.258 e. The second-order valence-electron chi connectivity index (χ2n) is 9.16. The van der Waals surface area contributed by atoms with Gasteiger partial charge in [-0.05, 0) is 37.7 Å². The van der Waals surface area contributed by atoms with Crippen molar-refractivity contribution >= 4 is 11.8 Å². The molecule has 2 aliphatic carbocycles. The van der Waals surface area contributed by atoms with E-state index in [9.17, 15) is 4.79 Å². The lowest BCUT2D eigenvalue weighted by molar-refractivity contribution is 0.281. The molecule has 1 aromatic carbocycles. The zero-order valence-corrected chi connectivity index (χ0v) is 19.5. The molecule has 4 heteroatoms. The molecule has 0 N–H and O–H groups in total. The van der Waals surface area contributed by atoms with Crippen molar-refractivity contribution in [3.8, 4) is 11.3 Å². The van der Waals surface area contributed by atoms with Gasteiger partial charge in [-0.2, -0.15) is 0 Å². The van der Waals surface area contributed by atoms with Crippen LogP contribution in [0.25, 0.3) is 11.3 Å². The van der Waals surface area contributed by atoms with Crippen LogP contribution in [0.2, 0.25) is 0 Å². The van der Waals surface area contributed by atoms with Gasteiger partial charge in [0, 0.05) is 23.3 Å². The van der Waals surface area contributed by atoms with Gasteiger partial charge in [0.2, 0.25) is 0 Å². The van der Waals surface area contributed by atoms with Crippen molar-refractivity contribution in [1.82, 2.24) is 9.55 Å². The third-order valence-corrected chi connectivity index (χ3v) is 8.05. The third kappa shape index (κ3) is 4.12. The fourth-order valence-electron chi connectivity index (χ4n) is 5.36. The minimum absolute atomic E-state index is 0.00854. The Morgan fingerprint density at radius 2 is 1.80 bits per heavy atom. The Morgan fingerprint density at radius 1 is 1.03 bits per heavy atom. The second-order valence-corrected chi connectivity index (χ2v) is 10.2. The number of fused-ring (bicyclic) bond motifs is 4. The van der Waals surface area contributed by atoms with E-state index in [1.54, 1.807) is 11.8 Å². The Morgan fingerprint density at radius 3 is 2.57 bits per heavy atom. The topological polar surface area (TPSA) is 34.9 Å². The van der Waals surface area contributed by atoms with Crippen LogP contribution in [0.1, 0.15) is 89.2 Å². The first-order valence-electron chi connectivity index (χ1n) is 12.1. The first kappa shape index (κ1) is 21.7. The van der Waals surface area contributed by atoms with E-state index in [-0.39, 0.29) is 11.0 Å². The van der Waals surface area contributed by atoms with E-state index < -0.39 is 0 Å². The summed E-state index contributed by atoms with van der Waals surface area (Å²) >= 11 is 1.79. The van der Waals surface area contributed by atoms with Crippen LogP contribution in [0.15, 0.2) is 34.2 Å². The number of benzene rings is 1. The molecule has 30 heavy (non-hydrogen) atoms. The summed E-state index contributed by atoms with van der Waals surface area (Å²) in [6.45, 7) is 5.23. The van der Waals surface area contributed by atoms with E-state index in [0.29, 0.717) is 0 Å². The van der Waals surface area contributed by atoms with E-state index in [1.165, 1.54) is 49.7 Å². The number of unbranched alkanes of at least 4 members (excludes halogenated alkanes) is 3. The van der Waals surface area contributed by atoms with Gasteiger partial charge in [0.15, 0.2) is 5.16 Å². The molecule has 2 aliphatic rings. The highest BCUT2D eigenvalue weighted by Crippen LogP contribution is 2.48. The molecule has 1 aromatic heterocycles. The van der Waals surface area contributed by atoms with Crippen molar-refractivity contribution in [2.24, 2.45) is 0 Å². The number of aromatic nitrogens is 2. The molecular weight excluding hydrogens is 388 g/mol. The molecule has 0 saturated heterocycles. The Hall–Kier alpha value is -1.55. The number of hydrogen-bond donors (Lipinski definition) is 0. The molecule has 0 atom stereocenters. The largest absolute Gasteiger partial charge is 0.287 e. The molecule has 1 saturated carbocycles. The maximum absolute atomic E-state index is 14.0. The molecule has 1 heterocycles.